The number of nitriles is 1. The van der Waals surface area contributed by atoms with Gasteiger partial charge in [-0.25, -0.2) is 0 Å². The average Bonchev–Trinajstić information content (AvgIpc) is 3.50. The minimum Gasteiger partial charge on any atom is -0.351 e. The third-order valence-electron chi connectivity index (χ3n) is 6.73. The van der Waals surface area contributed by atoms with Gasteiger partial charge >= 0.3 is 0 Å². The van der Waals surface area contributed by atoms with E-state index in [2.05, 4.69) is 83.0 Å². The van der Waals surface area contributed by atoms with Gasteiger partial charge in [0.05, 0.1) is 12.1 Å². The summed E-state index contributed by atoms with van der Waals surface area (Å²) in [4.78, 5) is 12.6. The lowest BCUT2D eigenvalue weighted by Crippen LogP contribution is -2.50. The molecular formula is C25H26N4O. The SMILES string of the molecule is Cn1ccc2cc(-c3ccc(C[C@@H](C#N)NC(=O)[C@H]4N[C@@H]5CC[C@H]4C5)cc3)ccc21. The highest BCUT2D eigenvalue weighted by Gasteiger charge is 2.43. The van der Waals surface area contributed by atoms with Gasteiger partial charge in [-0.3, -0.25) is 4.79 Å². The Hall–Kier alpha value is -3.10. The maximum Gasteiger partial charge on any atom is 0.238 e. The first kappa shape index (κ1) is 18.9. The van der Waals surface area contributed by atoms with Crippen LogP contribution in [-0.4, -0.2) is 28.6 Å². The monoisotopic (exact) mass is 398 g/mol. The highest BCUT2D eigenvalue weighted by molar-refractivity contribution is 5.85. The molecule has 30 heavy (non-hydrogen) atoms. The van der Waals surface area contributed by atoms with E-state index in [1.807, 2.05) is 0 Å². The van der Waals surface area contributed by atoms with Gasteiger partial charge in [-0.1, -0.05) is 30.3 Å². The standard InChI is InChI=1S/C25H26N4O/c1-29-11-10-19-13-18(7-9-23(19)29)17-4-2-16(3-5-17)12-22(15-26)28-25(30)24-20-6-8-21(14-20)27-24/h2-5,7,9-11,13,20-22,24,27H,6,8,12,14H2,1H3,(H,28,30)/t20-,21+,22-,24-/m0/s1. The van der Waals surface area contributed by atoms with E-state index in [0.717, 1.165) is 24.0 Å². The molecule has 2 aromatic carbocycles. The first-order valence-corrected chi connectivity index (χ1v) is 10.7. The van der Waals surface area contributed by atoms with E-state index in [4.69, 9.17) is 0 Å². The van der Waals surface area contributed by atoms with Gasteiger partial charge in [-0.15, -0.1) is 0 Å². The van der Waals surface area contributed by atoms with Crippen molar-refractivity contribution in [2.75, 3.05) is 0 Å². The van der Waals surface area contributed by atoms with Crippen LogP contribution in [0, 0.1) is 17.2 Å². The second-order valence-electron chi connectivity index (χ2n) is 8.71. The molecule has 2 aliphatic rings. The molecule has 2 N–H and O–H groups in total. The Bertz CT molecular complexity index is 1120. The van der Waals surface area contributed by atoms with Crippen LogP contribution in [0.3, 0.4) is 0 Å². The fourth-order valence-electron chi connectivity index (χ4n) is 5.07. The number of carbonyl (C=O) groups is 1. The lowest BCUT2D eigenvalue weighted by Gasteiger charge is -2.23. The second kappa shape index (κ2) is 7.62. The molecule has 1 saturated carbocycles. The third kappa shape index (κ3) is 3.48. The van der Waals surface area contributed by atoms with Crippen molar-refractivity contribution in [3.05, 3.63) is 60.3 Å². The van der Waals surface area contributed by atoms with Gasteiger partial charge < -0.3 is 15.2 Å². The number of aryl methyl sites for hydroxylation is 1. The number of aromatic nitrogens is 1. The highest BCUT2D eigenvalue weighted by Crippen LogP contribution is 2.35. The zero-order valence-electron chi connectivity index (χ0n) is 17.1. The fraction of sp³-hybridized carbons (Fsp3) is 0.360. The van der Waals surface area contributed by atoms with E-state index >= 15 is 0 Å². The van der Waals surface area contributed by atoms with E-state index in [-0.39, 0.29) is 11.9 Å². The number of hydrogen-bond donors (Lipinski definition) is 2. The Morgan fingerprint density at radius 1 is 1.20 bits per heavy atom. The number of carbonyl (C=O) groups excluding carboxylic acids is 1. The molecule has 1 amide bonds. The van der Waals surface area contributed by atoms with Crippen molar-refractivity contribution in [1.82, 2.24) is 15.2 Å². The van der Waals surface area contributed by atoms with Crippen LogP contribution in [0.2, 0.25) is 0 Å². The summed E-state index contributed by atoms with van der Waals surface area (Å²) >= 11 is 0. The predicted octanol–water partition coefficient (Wildman–Crippen LogP) is 3.54. The topological polar surface area (TPSA) is 69.8 Å². The fourth-order valence-corrected chi connectivity index (χ4v) is 5.07. The number of piperidine rings is 1. The molecule has 152 valence electrons. The number of fused-ring (bicyclic) bond motifs is 3. The molecule has 5 nitrogen and oxygen atoms in total. The van der Waals surface area contributed by atoms with Crippen LogP contribution in [0.15, 0.2) is 54.7 Å². The van der Waals surface area contributed by atoms with Crippen LogP contribution in [0.1, 0.15) is 24.8 Å². The third-order valence-corrected chi connectivity index (χ3v) is 6.73. The molecule has 5 rings (SSSR count). The van der Waals surface area contributed by atoms with Crippen LogP contribution < -0.4 is 10.6 Å². The Labute approximate surface area is 176 Å². The lowest BCUT2D eigenvalue weighted by molar-refractivity contribution is -0.124. The van der Waals surface area contributed by atoms with Gasteiger partial charge in [0.2, 0.25) is 5.91 Å². The molecule has 1 aliphatic heterocycles. The molecule has 1 aromatic heterocycles. The minimum atomic E-state index is -0.509. The van der Waals surface area contributed by atoms with Gasteiger partial charge in [-0.2, -0.15) is 5.26 Å². The predicted molar refractivity (Wildman–Crippen MR) is 118 cm³/mol. The molecule has 0 spiro atoms. The molecule has 2 bridgehead atoms. The van der Waals surface area contributed by atoms with Crippen LogP contribution in [-0.2, 0) is 18.3 Å². The highest BCUT2D eigenvalue weighted by atomic mass is 16.2. The molecule has 4 atom stereocenters. The number of amides is 1. The zero-order valence-corrected chi connectivity index (χ0v) is 17.1. The van der Waals surface area contributed by atoms with E-state index in [0.29, 0.717) is 18.4 Å². The molecule has 0 radical (unpaired) electrons. The van der Waals surface area contributed by atoms with Gasteiger partial charge in [-0.05, 0) is 60.1 Å². The molecule has 2 heterocycles. The Morgan fingerprint density at radius 2 is 2.00 bits per heavy atom. The second-order valence-corrected chi connectivity index (χ2v) is 8.71. The van der Waals surface area contributed by atoms with Crippen molar-refractivity contribution in [2.24, 2.45) is 13.0 Å². The van der Waals surface area contributed by atoms with E-state index in [9.17, 15) is 10.1 Å². The molecule has 1 aliphatic carbocycles. The van der Waals surface area contributed by atoms with Crippen molar-refractivity contribution in [3.63, 3.8) is 0 Å². The molecule has 1 saturated heterocycles. The molecule has 0 unspecified atom stereocenters. The Balaban J connectivity index is 1.25. The summed E-state index contributed by atoms with van der Waals surface area (Å²) < 4.78 is 2.12. The van der Waals surface area contributed by atoms with Gasteiger partial charge in [0.15, 0.2) is 0 Å². The largest absolute Gasteiger partial charge is 0.351 e. The van der Waals surface area contributed by atoms with Crippen molar-refractivity contribution in [3.8, 4) is 17.2 Å². The molecule has 5 heteroatoms. The lowest BCUT2D eigenvalue weighted by atomic mass is 9.98. The van der Waals surface area contributed by atoms with Gasteiger partial charge in [0.25, 0.3) is 0 Å². The first-order chi connectivity index (χ1) is 14.6. The van der Waals surface area contributed by atoms with Gasteiger partial charge in [0.1, 0.15) is 6.04 Å². The number of benzene rings is 2. The minimum absolute atomic E-state index is 0.0264. The Kier molecular flexibility index (Phi) is 4.80. The van der Waals surface area contributed by atoms with Crippen LogP contribution >= 0.6 is 0 Å². The smallest absolute Gasteiger partial charge is 0.238 e. The summed E-state index contributed by atoms with van der Waals surface area (Å²) in [5.41, 5.74) is 4.58. The van der Waals surface area contributed by atoms with E-state index in [1.165, 1.54) is 22.9 Å². The normalized spacial score (nSPS) is 23.4. The maximum atomic E-state index is 12.6. The summed E-state index contributed by atoms with van der Waals surface area (Å²) in [6.45, 7) is 0. The zero-order chi connectivity index (χ0) is 20.7. The number of rotatable bonds is 5. The summed E-state index contributed by atoms with van der Waals surface area (Å²) in [7, 11) is 2.05. The molecule has 3 aromatic rings. The summed E-state index contributed by atoms with van der Waals surface area (Å²) in [5, 5.41) is 17.1. The van der Waals surface area contributed by atoms with E-state index in [1.54, 1.807) is 0 Å². The van der Waals surface area contributed by atoms with Crippen molar-refractivity contribution in [1.29, 1.82) is 5.26 Å². The van der Waals surface area contributed by atoms with Crippen LogP contribution in [0.5, 0.6) is 0 Å². The number of nitrogens with zero attached hydrogens (tertiary/aromatic N) is 2. The van der Waals surface area contributed by atoms with E-state index < -0.39 is 6.04 Å². The summed E-state index contributed by atoms with van der Waals surface area (Å²) in [5.74, 6) is 0.400. The number of hydrogen-bond acceptors (Lipinski definition) is 3. The van der Waals surface area contributed by atoms with Crippen LogP contribution in [0.4, 0.5) is 0 Å². The summed E-state index contributed by atoms with van der Waals surface area (Å²) in [6.07, 6.45) is 5.95. The first-order valence-electron chi connectivity index (χ1n) is 10.7. The number of nitrogens with one attached hydrogen (secondary N) is 2. The maximum absolute atomic E-state index is 12.6. The van der Waals surface area contributed by atoms with Crippen molar-refractivity contribution < 1.29 is 4.79 Å². The van der Waals surface area contributed by atoms with Crippen LogP contribution in [0.25, 0.3) is 22.0 Å². The van der Waals surface area contributed by atoms with Crippen molar-refractivity contribution >= 4 is 16.8 Å². The molecule has 2 fully saturated rings. The quantitative estimate of drug-likeness (QED) is 0.691. The summed E-state index contributed by atoms with van der Waals surface area (Å²) in [6, 6.07) is 19.0. The van der Waals surface area contributed by atoms with Crippen molar-refractivity contribution in [2.45, 2.75) is 43.8 Å². The molecular weight excluding hydrogens is 372 g/mol. The van der Waals surface area contributed by atoms with Gasteiger partial charge in [0, 0.05) is 36.6 Å². The Morgan fingerprint density at radius 3 is 2.70 bits per heavy atom. The average molecular weight is 399 g/mol.